The Kier molecular flexibility index (Phi) is 3.17. The molecule has 0 aromatic heterocycles. The van der Waals surface area contributed by atoms with Gasteiger partial charge in [-0.15, -0.1) is 0 Å². The topological polar surface area (TPSA) is 64.3 Å². The Morgan fingerprint density at radius 2 is 2.07 bits per heavy atom. The van der Waals surface area contributed by atoms with Gasteiger partial charge in [0.25, 0.3) is 0 Å². The van der Waals surface area contributed by atoms with Crippen molar-refractivity contribution in [2.24, 2.45) is 5.73 Å². The fourth-order valence-corrected chi connectivity index (χ4v) is 1.14. The molecule has 0 unspecified atom stereocenters. The standard InChI is InChI=1S/C10H20N2O2/c1-9(2,3)14-6-8(13)12-10(7-11)4-5-10/h4-7,11H2,1-3H3,(H,12,13). The van der Waals surface area contributed by atoms with Crippen LogP contribution in [0.2, 0.25) is 0 Å². The van der Waals surface area contributed by atoms with E-state index >= 15 is 0 Å². The van der Waals surface area contributed by atoms with Gasteiger partial charge in [-0.1, -0.05) is 0 Å². The molecule has 82 valence electrons. The molecule has 1 amide bonds. The van der Waals surface area contributed by atoms with Crippen molar-refractivity contribution in [1.82, 2.24) is 5.32 Å². The first-order valence-corrected chi connectivity index (χ1v) is 5.02. The number of hydrogen-bond donors (Lipinski definition) is 2. The molecule has 0 aromatic rings. The average molecular weight is 200 g/mol. The molecule has 0 bridgehead atoms. The number of nitrogens with two attached hydrogens (primary N) is 1. The molecule has 0 radical (unpaired) electrons. The number of amides is 1. The van der Waals surface area contributed by atoms with E-state index in [1.807, 2.05) is 20.8 Å². The molecule has 1 saturated carbocycles. The van der Waals surface area contributed by atoms with E-state index < -0.39 is 0 Å². The second-order valence-electron chi connectivity index (χ2n) is 4.93. The van der Waals surface area contributed by atoms with Gasteiger partial charge in [0, 0.05) is 6.54 Å². The molecule has 0 atom stereocenters. The van der Waals surface area contributed by atoms with E-state index in [2.05, 4.69) is 5.32 Å². The van der Waals surface area contributed by atoms with Crippen molar-refractivity contribution in [3.05, 3.63) is 0 Å². The molecular formula is C10H20N2O2. The van der Waals surface area contributed by atoms with E-state index in [0.29, 0.717) is 6.54 Å². The fraction of sp³-hybridized carbons (Fsp3) is 0.900. The largest absolute Gasteiger partial charge is 0.366 e. The highest BCUT2D eigenvalue weighted by Crippen LogP contribution is 2.33. The van der Waals surface area contributed by atoms with Crippen molar-refractivity contribution < 1.29 is 9.53 Å². The van der Waals surface area contributed by atoms with Gasteiger partial charge in [0.2, 0.25) is 5.91 Å². The van der Waals surface area contributed by atoms with Crippen molar-refractivity contribution in [2.75, 3.05) is 13.2 Å². The maximum absolute atomic E-state index is 11.4. The van der Waals surface area contributed by atoms with Gasteiger partial charge in [0.15, 0.2) is 0 Å². The highest BCUT2D eigenvalue weighted by molar-refractivity contribution is 5.78. The minimum atomic E-state index is -0.267. The van der Waals surface area contributed by atoms with Crippen molar-refractivity contribution >= 4 is 5.91 Å². The summed E-state index contributed by atoms with van der Waals surface area (Å²) in [6, 6.07) is 0. The number of carbonyl (C=O) groups excluding carboxylic acids is 1. The molecule has 0 aromatic carbocycles. The summed E-state index contributed by atoms with van der Waals surface area (Å²) in [6.07, 6.45) is 1.98. The van der Waals surface area contributed by atoms with Gasteiger partial charge in [-0.2, -0.15) is 0 Å². The van der Waals surface area contributed by atoms with Crippen LogP contribution in [0.5, 0.6) is 0 Å². The smallest absolute Gasteiger partial charge is 0.246 e. The summed E-state index contributed by atoms with van der Waals surface area (Å²) in [5.41, 5.74) is 5.16. The Morgan fingerprint density at radius 1 is 1.50 bits per heavy atom. The first-order chi connectivity index (χ1) is 6.37. The molecule has 1 aliphatic carbocycles. The SMILES string of the molecule is CC(C)(C)OCC(=O)NC1(CN)CC1. The first-order valence-electron chi connectivity index (χ1n) is 5.02. The first kappa shape index (κ1) is 11.5. The third kappa shape index (κ3) is 3.64. The molecule has 1 fully saturated rings. The summed E-state index contributed by atoms with van der Waals surface area (Å²) in [5, 5.41) is 2.90. The third-order valence-corrected chi connectivity index (χ3v) is 2.29. The monoisotopic (exact) mass is 200 g/mol. The summed E-state index contributed by atoms with van der Waals surface area (Å²) in [7, 11) is 0. The highest BCUT2D eigenvalue weighted by atomic mass is 16.5. The van der Waals surface area contributed by atoms with E-state index in [1.54, 1.807) is 0 Å². The van der Waals surface area contributed by atoms with E-state index in [-0.39, 0.29) is 23.7 Å². The van der Waals surface area contributed by atoms with Gasteiger partial charge in [-0.25, -0.2) is 0 Å². The lowest BCUT2D eigenvalue weighted by Crippen LogP contribution is -2.44. The summed E-state index contributed by atoms with van der Waals surface area (Å²) >= 11 is 0. The van der Waals surface area contributed by atoms with Gasteiger partial charge in [0.05, 0.1) is 11.1 Å². The van der Waals surface area contributed by atoms with Crippen LogP contribution >= 0.6 is 0 Å². The van der Waals surface area contributed by atoms with Gasteiger partial charge in [-0.3, -0.25) is 4.79 Å². The second-order valence-corrected chi connectivity index (χ2v) is 4.93. The number of ether oxygens (including phenoxy) is 1. The van der Waals surface area contributed by atoms with Crippen LogP contribution in [0.4, 0.5) is 0 Å². The van der Waals surface area contributed by atoms with Crippen molar-refractivity contribution in [2.45, 2.75) is 44.8 Å². The molecule has 14 heavy (non-hydrogen) atoms. The zero-order chi connectivity index (χ0) is 10.8. The molecule has 4 nitrogen and oxygen atoms in total. The van der Waals surface area contributed by atoms with E-state index in [1.165, 1.54) is 0 Å². The Morgan fingerprint density at radius 3 is 2.43 bits per heavy atom. The Bertz CT molecular complexity index is 217. The van der Waals surface area contributed by atoms with Crippen LogP contribution in [0.15, 0.2) is 0 Å². The summed E-state index contributed by atoms with van der Waals surface area (Å²) in [6.45, 7) is 6.42. The highest BCUT2D eigenvalue weighted by Gasteiger charge is 2.42. The minimum absolute atomic E-state index is 0.0668. The Balaban J connectivity index is 2.23. The lowest BCUT2D eigenvalue weighted by molar-refractivity contribution is -0.131. The summed E-state index contributed by atoms with van der Waals surface area (Å²) in [4.78, 5) is 11.4. The number of carbonyl (C=O) groups is 1. The third-order valence-electron chi connectivity index (χ3n) is 2.29. The zero-order valence-corrected chi connectivity index (χ0v) is 9.22. The molecule has 1 rings (SSSR count). The van der Waals surface area contributed by atoms with E-state index in [0.717, 1.165) is 12.8 Å². The number of hydrogen-bond acceptors (Lipinski definition) is 3. The normalized spacial score (nSPS) is 19.1. The fourth-order valence-electron chi connectivity index (χ4n) is 1.14. The van der Waals surface area contributed by atoms with Crippen LogP contribution in [-0.2, 0) is 9.53 Å². The average Bonchev–Trinajstić information content (AvgIpc) is 2.81. The molecule has 1 aliphatic rings. The Labute approximate surface area is 85.2 Å². The van der Waals surface area contributed by atoms with Crippen LogP contribution in [0.3, 0.4) is 0 Å². The number of nitrogens with one attached hydrogen (secondary N) is 1. The molecule has 3 N–H and O–H groups in total. The lowest BCUT2D eigenvalue weighted by atomic mass is 10.2. The maximum Gasteiger partial charge on any atom is 0.246 e. The van der Waals surface area contributed by atoms with Gasteiger partial charge in [0.1, 0.15) is 6.61 Å². The molecule has 0 aliphatic heterocycles. The molecular weight excluding hydrogens is 180 g/mol. The van der Waals surface area contributed by atoms with Gasteiger partial charge in [-0.05, 0) is 33.6 Å². The van der Waals surface area contributed by atoms with Gasteiger partial charge < -0.3 is 15.8 Å². The lowest BCUT2D eigenvalue weighted by Gasteiger charge is -2.21. The minimum Gasteiger partial charge on any atom is -0.366 e. The Hall–Kier alpha value is -0.610. The van der Waals surface area contributed by atoms with Crippen LogP contribution in [0.25, 0.3) is 0 Å². The summed E-state index contributed by atoms with van der Waals surface area (Å²) < 4.78 is 5.36. The van der Waals surface area contributed by atoms with Crippen LogP contribution in [0, 0.1) is 0 Å². The number of rotatable bonds is 4. The maximum atomic E-state index is 11.4. The van der Waals surface area contributed by atoms with Crippen LogP contribution in [0.1, 0.15) is 33.6 Å². The van der Waals surface area contributed by atoms with Crippen molar-refractivity contribution in [1.29, 1.82) is 0 Å². The molecule has 0 saturated heterocycles. The molecule has 4 heteroatoms. The van der Waals surface area contributed by atoms with E-state index in [9.17, 15) is 4.79 Å². The predicted molar refractivity (Wildman–Crippen MR) is 54.9 cm³/mol. The predicted octanol–water partition coefficient (Wildman–Crippen LogP) is 0.409. The van der Waals surface area contributed by atoms with Crippen molar-refractivity contribution in [3.63, 3.8) is 0 Å². The molecule has 0 heterocycles. The van der Waals surface area contributed by atoms with Crippen LogP contribution < -0.4 is 11.1 Å². The summed E-state index contributed by atoms with van der Waals surface area (Å²) in [5.74, 6) is -0.0668. The second kappa shape index (κ2) is 3.87. The van der Waals surface area contributed by atoms with Gasteiger partial charge >= 0.3 is 0 Å². The molecule has 0 spiro atoms. The van der Waals surface area contributed by atoms with E-state index in [4.69, 9.17) is 10.5 Å². The van der Waals surface area contributed by atoms with Crippen molar-refractivity contribution in [3.8, 4) is 0 Å². The zero-order valence-electron chi connectivity index (χ0n) is 9.22. The quantitative estimate of drug-likeness (QED) is 0.691. The van der Waals surface area contributed by atoms with Crippen LogP contribution in [-0.4, -0.2) is 30.2 Å².